The van der Waals surface area contributed by atoms with Crippen LogP contribution in [0.25, 0.3) is 0 Å². The lowest BCUT2D eigenvalue weighted by Crippen LogP contribution is -2.52. The molecule has 2 atom stereocenters. The SMILES string of the molecule is B.C[SiH](C)O[C@@]1(CCCNCO)C[C@H](C(C)(C)C)CN1C(=O)OC(C)(C)C. The van der Waals surface area contributed by atoms with E-state index in [-0.39, 0.29) is 26.7 Å². The van der Waals surface area contributed by atoms with Gasteiger partial charge in [0, 0.05) is 6.54 Å². The van der Waals surface area contributed by atoms with Crippen molar-refractivity contribution >= 4 is 23.5 Å². The van der Waals surface area contributed by atoms with Crippen molar-refractivity contribution in [1.29, 1.82) is 0 Å². The zero-order valence-electron chi connectivity index (χ0n) is 18.0. The number of nitrogens with one attached hydrogen (secondary N) is 1. The van der Waals surface area contributed by atoms with Crippen molar-refractivity contribution in [3.8, 4) is 0 Å². The zero-order chi connectivity index (χ0) is 20.2. The highest BCUT2D eigenvalue weighted by Crippen LogP contribution is 2.45. The second kappa shape index (κ2) is 10.3. The van der Waals surface area contributed by atoms with Gasteiger partial charge in [-0.3, -0.25) is 10.2 Å². The normalized spacial score (nSPS) is 23.5. The average Bonchev–Trinajstić information content (AvgIpc) is 2.81. The molecule has 1 fully saturated rings. The summed E-state index contributed by atoms with van der Waals surface area (Å²) >= 11 is 0. The van der Waals surface area contributed by atoms with E-state index in [4.69, 9.17) is 14.3 Å². The van der Waals surface area contributed by atoms with E-state index in [2.05, 4.69) is 39.2 Å². The van der Waals surface area contributed by atoms with Gasteiger partial charge in [-0.2, -0.15) is 0 Å². The molecule has 0 aromatic heterocycles. The number of aliphatic hydroxyl groups is 1. The minimum Gasteiger partial charge on any atom is -0.444 e. The van der Waals surface area contributed by atoms with Crippen LogP contribution < -0.4 is 5.32 Å². The number of carbonyl (C=O) groups is 1. The number of ether oxygens (including phenoxy) is 1. The molecule has 2 N–H and O–H groups in total. The molecule has 1 amide bonds. The molecule has 1 rings (SSSR count). The highest BCUT2D eigenvalue weighted by Gasteiger charge is 2.52. The van der Waals surface area contributed by atoms with E-state index in [1.165, 1.54) is 0 Å². The lowest BCUT2D eigenvalue weighted by Gasteiger charge is -2.40. The first-order valence-electron chi connectivity index (χ1n) is 9.81. The molecule has 1 saturated heterocycles. The summed E-state index contributed by atoms with van der Waals surface area (Å²) in [7, 11) is -1.38. The van der Waals surface area contributed by atoms with Crippen LogP contribution in [0.15, 0.2) is 0 Å². The van der Waals surface area contributed by atoms with E-state index in [0.717, 1.165) is 19.3 Å². The van der Waals surface area contributed by atoms with Crippen molar-refractivity contribution < 1.29 is 19.1 Å². The maximum absolute atomic E-state index is 13.0. The Morgan fingerprint density at radius 1 is 1.26 bits per heavy atom. The summed E-state index contributed by atoms with van der Waals surface area (Å²) in [5.74, 6) is 0.355. The molecule has 0 spiro atoms. The number of hydrogen-bond donors (Lipinski definition) is 2. The van der Waals surface area contributed by atoms with Crippen LogP contribution in [0.3, 0.4) is 0 Å². The Hall–Kier alpha value is -0.568. The predicted molar refractivity (Wildman–Crippen MR) is 117 cm³/mol. The summed E-state index contributed by atoms with van der Waals surface area (Å²) in [6, 6.07) is 0. The van der Waals surface area contributed by atoms with Gasteiger partial charge in [-0.1, -0.05) is 20.8 Å². The van der Waals surface area contributed by atoms with Crippen molar-refractivity contribution in [2.45, 2.75) is 85.2 Å². The molecule has 6 nitrogen and oxygen atoms in total. The first kappa shape index (κ1) is 26.4. The molecule has 0 aromatic carbocycles. The van der Waals surface area contributed by atoms with Crippen LogP contribution in [0.4, 0.5) is 4.79 Å². The molecule has 0 aromatic rings. The van der Waals surface area contributed by atoms with Gasteiger partial charge in [-0.15, -0.1) is 0 Å². The molecular weight excluding hydrogens is 359 g/mol. The fourth-order valence-electron chi connectivity index (χ4n) is 3.50. The largest absolute Gasteiger partial charge is 0.444 e. The number of likely N-dealkylation sites (tertiary alicyclic amines) is 1. The molecule has 0 saturated carbocycles. The van der Waals surface area contributed by atoms with Crippen LogP contribution >= 0.6 is 0 Å². The number of aliphatic hydroxyl groups excluding tert-OH is 1. The number of carbonyl (C=O) groups excluding carboxylic acids is 1. The van der Waals surface area contributed by atoms with Gasteiger partial charge in [0.1, 0.15) is 11.3 Å². The minimum atomic E-state index is -1.38. The van der Waals surface area contributed by atoms with Crippen molar-refractivity contribution in [2.75, 3.05) is 19.8 Å². The van der Waals surface area contributed by atoms with Crippen molar-refractivity contribution in [2.24, 2.45) is 11.3 Å². The third-order valence-corrected chi connectivity index (χ3v) is 5.70. The Bertz CT molecular complexity index is 466. The fraction of sp³-hybridized carbons (Fsp3) is 0.947. The Labute approximate surface area is 169 Å². The summed E-state index contributed by atoms with van der Waals surface area (Å²) in [4.78, 5) is 14.9. The standard InChI is InChI=1S/C19H40N2O4Si.BH3/c1-17(2,3)15-12-19(25-26(7)8,10-9-11-20-14-22)21(13-15)16(23)24-18(4,5)6;/h15,20,22,26H,9-14H2,1-8H3;1H3/t15-,19-;/m0./s1. The van der Waals surface area contributed by atoms with Gasteiger partial charge in [0.15, 0.2) is 9.04 Å². The Kier molecular flexibility index (Phi) is 10.1. The van der Waals surface area contributed by atoms with Gasteiger partial charge in [-0.05, 0) is 71.0 Å². The van der Waals surface area contributed by atoms with E-state index in [0.29, 0.717) is 19.0 Å². The Morgan fingerprint density at radius 3 is 2.30 bits per heavy atom. The topological polar surface area (TPSA) is 71.0 Å². The third kappa shape index (κ3) is 8.13. The average molecular weight is 402 g/mol. The first-order chi connectivity index (χ1) is 11.8. The Balaban J connectivity index is 0.00000676. The molecular formula is C19H43BN2O4Si. The molecule has 8 heteroatoms. The quantitative estimate of drug-likeness (QED) is 0.388. The second-order valence-electron chi connectivity index (χ2n) is 9.73. The number of amides is 1. The maximum Gasteiger partial charge on any atom is 0.412 e. The van der Waals surface area contributed by atoms with Gasteiger partial charge < -0.3 is 14.3 Å². The summed E-state index contributed by atoms with van der Waals surface area (Å²) < 4.78 is 12.2. The van der Waals surface area contributed by atoms with E-state index < -0.39 is 20.4 Å². The number of nitrogens with zero attached hydrogens (tertiary/aromatic N) is 1. The lowest BCUT2D eigenvalue weighted by atomic mass is 9.78. The van der Waals surface area contributed by atoms with Gasteiger partial charge in [0.2, 0.25) is 0 Å². The molecule has 0 unspecified atom stereocenters. The number of hydrogen-bond acceptors (Lipinski definition) is 5. The van der Waals surface area contributed by atoms with Crippen LogP contribution in [0.1, 0.15) is 60.8 Å². The smallest absolute Gasteiger partial charge is 0.412 e. The maximum atomic E-state index is 13.0. The molecule has 0 radical (unpaired) electrons. The van der Waals surface area contributed by atoms with Crippen LogP contribution in [0, 0.1) is 11.3 Å². The van der Waals surface area contributed by atoms with Crippen LogP contribution in [-0.4, -0.2) is 64.7 Å². The van der Waals surface area contributed by atoms with Crippen molar-refractivity contribution in [3.05, 3.63) is 0 Å². The number of rotatable bonds is 7. The van der Waals surface area contributed by atoms with E-state index in [1.807, 2.05) is 25.7 Å². The van der Waals surface area contributed by atoms with Gasteiger partial charge in [0.05, 0.1) is 15.1 Å². The molecule has 1 aliphatic heterocycles. The van der Waals surface area contributed by atoms with Crippen LogP contribution in [0.2, 0.25) is 13.1 Å². The third-order valence-electron chi connectivity index (χ3n) is 4.79. The van der Waals surface area contributed by atoms with E-state index in [1.54, 1.807) is 0 Å². The van der Waals surface area contributed by atoms with Gasteiger partial charge in [0.25, 0.3) is 0 Å². The van der Waals surface area contributed by atoms with Gasteiger partial charge in [-0.25, -0.2) is 4.79 Å². The molecule has 0 aliphatic carbocycles. The predicted octanol–water partition coefficient (Wildman–Crippen LogP) is 2.12. The zero-order valence-corrected chi connectivity index (χ0v) is 19.2. The molecule has 0 bridgehead atoms. The summed E-state index contributed by atoms with van der Waals surface area (Å²) in [6.07, 6.45) is 2.13. The molecule has 1 aliphatic rings. The Morgan fingerprint density at radius 2 is 1.85 bits per heavy atom. The monoisotopic (exact) mass is 402 g/mol. The highest BCUT2D eigenvalue weighted by molar-refractivity contribution is 6.48. The first-order valence-corrected chi connectivity index (χ1v) is 12.6. The van der Waals surface area contributed by atoms with Crippen molar-refractivity contribution in [1.82, 2.24) is 10.2 Å². The lowest BCUT2D eigenvalue weighted by molar-refractivity contribution is -0.0739. The second-order valence-corrected chi connectivity index (χ2v) is 12.1. The molecule has 160 valence electrons. The fourth-order valence-corrected chi connectivity index (χ4v) is 4.72. The van der Waals surface area contributed by atoms with Crippen LogP contribution in [-0.2, 0) is 9.16 Å². The van der Waals surface area contributed by atoms with Crippen LogP contribution in [0.5, 0.6) is 0 Å². The van der Waals surface area contributed by atoms with Crippen molar-refractivity contribution in [3.63, 3.8) is 0 Å². The molecule has 27 heavy (non-hydrogen) atoms. The summed E-state index contributed by atoms with van der Waals surface area (Å²) in [5, 5.41) is 11.9. The molecule has 1 heterocycles. The van der Waals surface area contributed by atoms with Gasteiger partial charge >= 0.3 is 6.09 Å². The summed E-state index contributed by atoms with van der Waals surface area (Å²) in [5.41, 5.74) is -1.04. The highest BCUT2D eigenvalue weighted by atomic mass is 28.3. The minimum absolute atomic E-state index is 0. The van der Waals surface area contributed by atoms with E-state index in [9.17, 15) is 4.79 Å². The summed E-state index contributed by atoms with van der Waals surface area (Å²) in [6.45, 7) is 18.0. The van der Waals surface area contributed by atoms with E-state index >= 15 is 0 Å².